The van der Waals surface area contributed by atoms with E-state index in [0.717, 1.165) is 33.9 Å². The molecule has 1 atom stereocenters. The van der Waals surface area contributed by atoms with Crippen LogP contribution < -0.4 is 0 Å². The molecule has 0 bridgehead atoms. The van der Waals surface area contributed by atoms with Crippen LogP contribution in [0.2, 0.25) is 5.02 Å². The van der Waals surface area contributed by atoms with Crippen molar-refractivity contribution in [3.05, 3.63) is 39.1 Å². The number of aliphatic imine (C=N–C) groups is 1. The summed E-state index contributed by atoms with van der Waals surface area (Å²) in [6.45, 7) is 3.54. The Balaban J connectivity index is 1.88. The minimum absolute atomic E-state index is 0.480. The maximum Gasteiger partial charge on any atom is 0.168 e. The van der Waals surface area contributed by atoms with Crippen LogP contribution >= 0.6 is 34.7 Å². The third-order valence-electron chi connectivity index (χ3n) is 3.60. The van der Waals surface area contributed by atoms with Gasteiger partial charge in [-0.15, -0.1) is 11.3 Å². The molecule has 2 aliphatic rings. The lowest BCUT2D eigenvalue weighted by Gasteiger charge is -2.16. The van der Waals surface area contributed by atoms with E-state index >= 15 is 0 Å². The van der Waals surface area contributed by atoms with Gasteiger partial charge in [0.15, 0.2) is 5.17 Å². The first-order chi connectivity index (χ1) is 10.1. The van der Waals surface area contributed by atoms with Crippen molar-refractivity contribution < 1.29 is 5.11 Å². The number of amidine groups is 1. The highest BCUT2D eigenvalue weighted by molar-refractivity contribution is 8.17. The number of halogens is 1. The van der Waals surface area contributed by atoms with E-state index in [-0.39, 0.29) is 0 Å². The maximum atomic E-state index is 10.1. The average molecular weight is 337 g/mol. The van der Waals surface area contributed by atoms with Crippen molar-refractivity contribution in [3.63, 3.8) is 0 Å². The Hall–Kier alpha value is -1.01. The van der Waals surface area contributed by atoms with Gasteiger partial charge in [-0.25, -0.2) is 0 Å². The van der Waals surface area contributed by atoms with Gasteiger partial charge in [-0.1, -0.05) is 29.4 Å². The first kappa shape index (κ1) is 13.6. The third-order valence-corrected chi connectivity index (χ3v) is 6.23. The van der Waals surface area contributed by atoms with E-state index < -0.39 is 6.10 Å². The number of thioether (sulfide) groups is 1. The second kappa shape index (κ2) is 5.02. The summed E-state index contributed by atoms with van der Waals surface area (Å²) in [6, 6.07) is 8.13. The number of thiophene rings is 1. The summed E-state index contributed by atoms with van der Waals surface area (Å²) in [7, 11) is 0. The lowest BCUT2D eigenvalue weighted by molar-refractivity contribution is 0.240. The number of benzene rings is 1. The third kappa shape index (κ3) is 2.19. The molecule has 0 fully saturated rings. The molecule has 0 radical (unpaired) electrons. The molecule has 2 aliphatic heterocycles. The second-order valence-corrected chi connectivity index (χ2v) is 7.63. The van der Waals surface area contributed by atoms with Crippen molar-refractivity contribution in [2.75, 3.05) is 13.1 Å². The Kier molecular flexibility index (Phi) is 3.26. The van der Waals surface area contributed by atoms with Crippen molar-refractivity contribution in [2.45, 2.75) is 13.0 Å². The van der Waals surface area contributed by atoms with E-state index in [1.807, 2.05) is 25.1 Å². The first-order valence-electron chi connectivity index (χ1n) is 6.75. The fraction of sp³-hybridized carbons (Fsp3) is 0.267. The van der Waals surface area contributed by atoms with Crippen LogP contribution in [-0.2, 0) is 0 Å². The van der Waals surface area contributed by atoms with E-state index in [0.29, 0.717) is 0 Å². The van der Waals surface area contributed by atoms with Gasteiger partial charge in [-0.2, -0.15) is 0 Å². The van der Waals surface area contributed by atoms with Crippen LogP contribution in [0, 0.1) is 0 Å². The largest absolute Gasteiger partial charge is 0.388 e. The summed E-state index contributed by atoms with van der Waals surface area (Å²) >= 11 is 9.38. The van der Waals surface area contributed by atoms with Gasteiger partial charge in [0.1, 0.15) is 0 Å². The van der Waals surface area contributed by atoms with Gasteiger partial charge in [-0.3, -0.25) is 4.99 Å². The van der Waals surface area contributed by atoms with E-state index in [1.165, 1.54) is 15.0 Å². The van der Waals surface area contributed by atoms with Crippen molar-refractivity contribution in [1.29, 1.82) is 0 Å². The number of hydrogen-bond donors (Lipinski definition) is 1. The van der Waals surface area contributed by atoms with Crippen molar-refractivity contribution >= 4 is 55.7 Å². The summed E-state index contributed by atoms with van der Waals surface area (Å²) in [5.41, 5.74) is 1.11. The van der Waals surface area contributed by atoms with Gasteiger partial charge in [0.25, 0.3) is 0 Å². The highest BCUT2D eigenvalue weighted by Gasteiger charge is 2.35. The van der Waals surface area contributed by atoms with Crippen LogP contribution in [-0.4, -0.2) is 34.4 Å². The van der Waals surface area contributed by atoms with Crippen LogP contribution in [0.4, 0.5) is 0 Å². The fourth-order valence-electron chi connectivity index (χ4n) is 2.66. The molecule has 21 heavy (non-hydrogen) atoms. The number of fused-ring (bicyclic) bond motifs is 2. The molecule has 0 aliphatic carbocycles. The summed E-state index contributed by atoms with van der Waals surface area (Å²) in [4.78, 5) is 8.89. The van der Waals surface area contributed by atoms with Crippen molar-refractivity contribution in [3.8, 4) is 0 Å². The number of nitrogens with zero attached hydrogens (tertiary/aromatic N) is 2. The van der Waals surface area contributed by atoms with Gasteiger partial charge in [0.05, 0.1) is 23.2 Å². The molecule has 0 saturated carbocycles. The summed E-state index contributed by atoms with van der Waals surface area (Å²) in [5.74, 6) is 0. The van der Waals surface area contributed by atoms with E-state index in [1.54, 1.807) is 23.1 Å². The molecule has 1 aromatic carbocycles. The molecule has 2 aromatic rings. The molecule has 0 saturated heterocycles. The maximum absolute atomic E-state index is 10.1. The summed E-state index contributed by atoms with van der Waals surface area (Å²) in [5, 5.41) is 13.0. The molecule has 4 rings (SSSR count). The van der Waals surface area contributed by atoms with Crippen LogP contribution in [0.1, 0.15) is 11.8 Å². The summed E-state index contributed by atoms with van der Waals surface area (Å²) < 4.78 is 1.17. The van der Waals surface area contributed by atoms with Gasteiger partial charge in [-0.05, 0) is 30.5 Å². The van der Waals surface area contributed by atoms with Gasteiger partial charge >= 0.3 is 0 Å². The molecule has 0 amide bonds. The van der Waals surface area contributed by atoms with Crippen LogP contribution in [0.15, 0.2) is 34.2 Å². The van der Waals surface area contributed by atoms with Crippen molar-refractivity contribution in [1.82, 2.24) is 4.90 Å². The predicted octanol–water partition coefficient (Wildman–Crippen LogP) is 4.02. The van der Waals surface area contributed by atoms with Gasteiger partial charge in [0, 0.05) is 21.2 Å². The van der Waals surface area contributed by atoms with E-state index in [9.17, 15) is 5.11 Å². The number of aliphatic hydroxyl groups excluding tert-OH is 1. The van der Waals surface area contributed by atoms with Crippen LogP contribution in [0.25, 0.3) is 15.8 Å². The van der Waals surface area contributed by atoms with E-state index in [2.05, 4.69) is 16.0 Å². The minimum atomic E-state index is -0.480. The Bertz CT molecular complexity index is 794. The molecule has 3 nitrogen and oxygen atoms in total. The van der Waals surface area contributed by atoms with Crippen LogP contribution in [0.3, 0.4) is 0 Å². The number of aliphatic hydroxyl groups is 1. The van der Waals surface area contributed by atoms with Gasteiger partial charge < -0.3 is 10.0 Å². The molecule has 0 spiro atoms. The molecule has 108 valence electrons. The highest BCUT2D eigenvalue weighted by Crippen LogP contribution is 2.46. The molecule has 1 N–H and O–H groups in total. The normalized spacial score (nSPS) is 19.4. The smallest absolute Gasteiger partial charge is 0.168 e. The van der Waals surface area contributed by atoms with Crippen molar-refractivity contribution in [2.24, 2.45) is 4.99 Å². The topological polar surface area (TPSA) is 35.8 Å². The second-order valence-electron chi connectivity index (χ2n) is 5.10. The number of rotatable bonds is 2. The predicted molar refractivity (Wildman–Crippen MR) is 92.0 cm³/mol. The SMILES string of the molecule is CC(O)C1=C(c2cc3ccc(Cl)cc3s2)N2CCN=C2S1. The van der Waals surface area contributed by atoms with Crippen LogP contribution in [0.5, 0.6) is 0 Å². The number of hydrogen-bond acceptors (Lipinski definition) is 5. The molecule has 1 aromatic heterocycles. The highest BCUT2D eigenvalue weighted by atomic mass is 35.5. The molecule has 6 heteroatoms. The zero-order chi connectivity index (χ0) is 14.6. The minimum Gasteiger partial charge on any atom is -0.388 e. The first-order valence-corrected chi connectivity index (χ1v) is 8.76. The Labute approximate surface area is 135 Å². The fourth-order valence-corrected chi connectivity index (χ4v) is 5.26. The zero-order valence-electron chi connectivity index (χ0n) is 11.3. The molecular formula is C15H13ClN2OS2. The Morgan fingerprint density at radius 2 is 2.24 bits per heavy atom. The molecule has 1 unspecified atom stereocenters. The summed E-state index contributed by atoms with van der Waals surface area (Å²) in [6.07, 6.45) is -0.480. The molecular weight excluding hydrogens is 324 g/mol. The Morgan fingerprint density at radius 3 is 3.05 bits per heavy atom. The molecule has 3 heterocycles. The van der Waals surface area contributed by atoms with Gasteiger partial charge in [0.2, 0.25) is 0 Å². The lowest BCUT2D eigenvalue weighted by Crippen LogP contribution is -2.19. The zero-order valence-corrected chi connectivity index (χ0v) is 13.7. The average Bonchev–Trinajstić information content (AvgIpc) is 3.09. The Morgan fingerprint density at radius 1 is 1.38 bits per heavy atom. The standard InChI is InChI=1S/C15H13ClN2OS2/c1-8(19)14-13(18-5-4-17-15(18)21-14)12-6-9-2-3-10(16)7-11(9)20-12/h2-3,6-8,19H,4-5H2,1H3. The van der Waals surface area contributed by atoms with E-state index in [4.69, 9.17) is 11.6 Å². The lowest BCUT2D eigenvalue weighted by atomic mass is 10.2. The monoisotopic (exact) mass is 336 g/mol. The quantitative estimate of drug-likeness (QED) is 0.899.